The Balaban J connectivity index is 1.60. The third-order valence-corrected chi connectivity index (χ3v) is 6.44. The van der Waals surface area contributed by atoms with E-state index in [0.29, 0.717) is 43.1 Å². The van der Waals surface area contributed by atoms with Crippen molar-refractivity contribution in [1.29, 1.82) is 0 Å². The summed E-state index contributed by atoms with van der Waals surface area (Å²) >= 11 is 0. The Kier molecular flexibility index (Phi) is 5.47. The maximum absolute atomic E-state index is 12.0. The van der Waals surface area contributed by atoms with Gasteiger partial charge in [0.25, 0.3) is 0 Å². The molecule has 0 radical (unpaired) electrons. The summed E-state index contributed by atoms with van der Waals surface area (Å²) in [5.41, 5.74) is 1.73. The van der Waals surface area contributed by atoms with Crippen molar-refractivity contribution in [3.05, 3.63) is 23.8 Å². The first-order chi connectivity index (χ1) is 12.4. The Morgan fingerprint density at radius 2 is 2.08 bits per heavy atom. The fraction of sp³-hybridized carbons (Fsp3) is 0.529. The van der Waals surface area contributed by atoms with Gasteiger partial charge in [0.1, 0.15) is 0 Å². The highest BCUT2D eigenvalue weighted by Crippen LogP contribution is 2.27. The number of hydrogen-bond acceptors (Lipinski definition) is 5. The number of aryl methyl sites for hydroxylation is 1. The second-order valence-electron chi connectivity index (χ2n) is 6.54. The number of nitrogens with one attached hydrogen (secondary N) is 2. The van der Waals surface area contributed by atoms with Crippen LogP contribution in [0, 0.1) is 6.92 Å². The van der Waals surface area contributed by atoms with Gasteiger partial charge >= 0.3 is 11.8 Å². The number of anilines is 2. The van der Waals surface area contributed by atoms with Gasteiger partial charge < -0.3 is 15.4 Å². The summed E-state index contributed by atoms with van der Waals surface area (Å²) in [6.07, 6.45) is 2.41. The number of benzene rings is 1. The van der Waals surface area contributed by atoms with Crippen molar-refractivity contribution in [2.75, 3.05) is 35.1 Å². The second kappa shape index (κ2) is 7.63. The van der Waals surface area contributed by atoms with Crippen LogP contribution in [-0.4, -0.2) is 51.8 Å². The molecule has 0 spiro atoms. The van der Waals surface area contributed by atoms with Crippen molar-refractivity contribution in [3.63, 3.8) is 0 Å². The number of carbonyl (C=O) groups is 2. The van der Waals surface area contributed by atoms with E-state index in [1.165, 1.54) is 4.31 Å². The number of carbonyl (C=O) groups excluding carboxylic acids is 2. The first-order valence-corrected chi connectivity index (χ1v) is 10.3. The van der Waals surface area contributed by atoms with Crippen LogP contribution in [0.25, 0.3) is 0 Å². The van der Waals surface area contributed by atoms with Gasteiger partial charge in [-0.1, -0.05) is 0 Å². The minimum atomic E-state index is -3.25. The number of sulfonamides is 1. The first kappa shape index (κ1) is 18.7. The van der Waals surface area contributed by atoms with Crippen LogP contribution in [-0.2, 0) is 24.3 Å². The first-order valence-electron chi connectivity index (χ1n) is 8.69. The highest BCUT2D eigenvalue weighted by Gasteiger charge is 2.28. The molecule has 2 amide bonds. The van der Waals surface area contributed by atoms with E-state index < -0.39 is 21.8 Å². The molecular formula is C17H23N3O5S. The minimum absolute atomic E-state index is 0.0322. The van der Waals surface area contributed by atoms with Gasteiger partial charge in [0, 0.05) is 25.4 Å². The van der Waals surface area contributed by atoms with E-state index in [2.05, 4.69) is 10.6 Å². The maximum Gasteiger partial charge on any atom is 0.313 e. The Morgan fingerprint density at radius 1 is 1.27 bits per heavy atom. The SMILES string of the molecule is Cc1cc(N2CCCS2(=O)=O)ccc1NC(=O)C(=O)NC[C@@H]1CCCO1. The number of nitrogens with zero attached hydrogens (tertiary/aromatic N) is 1. The van der Waals surface area contributed by atoms with Crippen LogP contribution in [0.2, 0.25) is 0 Å². The summed E-state index contributed by atoms with van der Waals surface area (Å²) in [5, 5.41) is 5.13. The van der Waals surface area contributed by atoms with E-state index in [9.17, 15) is 18.0 Å². The Hall–Kier alpha value is -2.13. The van der Waals surface area contributed by atoms with Crippen molar-refractivity contribution in [2.24, 2.45) is 0 Å². The van der Waals surface area contributed by atoms with E-state index in [1.54, 1.807) is 25.1 Å². The molecule has 9 heteroatoms. The molecule has 2 heterocycles. The predicted molar refractivity (Wildman–Crippen MR) is 97.5 cm³/mol. The quantitative estimate of drug-likeness (QED) is 0.750. The van der Waals surface area contributed by atoms with Gasteiger partial charge in [-0.15, -0.1) is 0 Å². The molecule has 1 aromatic carbocycles. The van der Waals surface area contributed by atoms with Crippen molar-refractivity contribution in [2.45, 2.75) is 32.3 Å². The molecule has 2 fully saturated rings. The van der Waals surface area contributed by atoms with E-state index in [0.717, 1.165) is 12.8 Å². The molecule has 8 nitrogen and oxygen atoms in total. The summed E-state index contributed by atoms with van der Waals surface area (Å²) < 4.78 is 30.8. The van der Waals surface area contributed by atoms with Gasteiger partial charge in [-0.2, -0.15) is 0 Å². The molecule has 0 aliphatic carbocycles. The van der Waals surface area contributed by atoms with Crippen LogP contribution in [0.4, 0.5) is 11.4 Å². The summed E-state index contributed by atoms with van der Waals surface area (Å²) in [7, 11) is -3.25. The van der Waals surface area contributed by atoms with Crippen LogP contribution in [0.15, 0.2) is 18.2 Å². The van der Waals surface area contributed by atoms with Crippen LogP contribution >= 0.6 is 0 Å². The van der Waals surface area contributed by atoms with Gasteiger partial charge in [-0.05, 0) is 49.9 Å². The van der Waals surface area contributed by atoms with E-state index in [1.807, 2.05) is 0 Å². The molecule has 0 unspecified atom stereocenters. The summed E-state index contributed by atoms with van der Waals surface area (Å²) in [6, 6.07) is 4.95. The zero-order chi connectivity index (χ0) is 18.7. The number of hydrogen-bond donors (Lipinski definition) is 2. The standard InChI is InChI=1S/C17H23N3O5S/c1-12-10-13(20-7-3-9-26(20,23)24)5-6-15(12)19-17(22)16(21)18-11-14-4-2-8-25-14/h5-6,10,14H,2-4,7-9,11H2,1H3,(H,18,21)(H,19,22)/t14-/m0/s1. The van der Waals surface area contributed by atoms with Gasteiger partial charge in [0.05, 0.1) is 17.5 Å². The molecule has 1 atom stereocenters. The molecule has 0 bridgehead atoms. The largest absolute Gasteiger partial charge is 0.376 e. The minimum Gasteiger partial charge on any atom is -0.376 e. The van der Waals surface area contributed by atoms with Crippen molar-refractivity contribution in [1.82, 2.24) is 5.32 Å². The predicted octanol–water partition coefficient (Wildman–Crippen LogP) is 0.769. The Bertz CT molecular complexity index is 803. The fourth-order valence-corrected chi connectivity index (χ4v) is 4.70. The zero-order valence-electron chi connectivity index (χ0n) is 14.7. The zero-order valence-corrected chi connectivity index (χ0v) is 15.5. The van der Waals surface area contributed by atoms with Gasteiger partial charge in [-0.25, -0.2) is 8.42 Å². The summed E-state index contributed by atoms with van der Waals surface area (Å²) in [5.74, 6) is -1.33. The van der Waals surface area contributed by atoms with Crippen LogP contribution in [0.5, 0.6) is 0 Å². The number of ether oxygens (including phenoxy) is 1. The van der Waals surface area contributed by atoms with E-state index in [-0.39, 0.29) is 11.9 Å². The van der Waals surface area contributed by atoms with E-state index in [4.69, 9.17) is 4.74 Å². The lowest BCUT2D eigenvalue weighted by atomic mass is 10.1. The lowest BCUT2D eigenvalue weighted by molar-refractivity contribution is -0.136. The topological polar surface area (TPSA) is 105 Å². The normalized spacial score (nSPS) is 21.6. The Labute approximate surface area is 152 Å². The highest BCUT2D eigenvalue weighted by atomic mass is 32.2. The third kappa shape index (κ3) is 4.16. The lowest BCUT2D eigenvalue weighted by Crippen LogP contribution is -2.39. The van der Waals surface area contributed by atoms with Gasteiger partial charge in [0.15, 0.2) is 0 Å². The molecule has 2 aliphatic heterocycles. The average Bonchev–Trinajstić information content (AvgIpc) is 3.23. The van der Waals surface area contributed by atoms with E-state index >= 15 is 0 Å². The molecule has 0 saturated carbocycles. The smallest absolute Gasteiger partial charge is 0.313 e. The highest BCUT2D eigenvalue weighted by molar-refractivity contribution is 7.93. The molecule has 26 heavy (non-hydrogen) atoms. The maximum atomic E-state index is 12.0. The number of amides is 2. The average molecular weight is 381 g/mol. The molecule has 0 aromatic heterocycles. The van der Waals surface area contributed by atoms with Crippen molar-refractivity contribution in [3.8, 4) is 0 Å². The third-order valence-electron chi connectivity index (χ3n) is 4.57. The van der Waals surface area contributed by atoms with Crippen LogP contribution in [0.3, 0.4) is 0 Å². The molecule has 2 saturated heterocycles. The summed E-state index contributed by atoms with van der Waals surface area (Å²) in [4.78, 5) is 24.0. The number of rotatable bonds is 4. The van der Waals surface area contributed by atoms with Gasteiger partial charge in [-0.3, -0.25) is 13.9 Å². The van der Waals surface area contributed by atoms with Crippen molar-refractivity contribution < 1.29 is 22.7 Å². The van der Waals surface area contributed by atoms with Crippen molar-refractivity contribution >= 4 is 33.2 Å². The molecule has 3 rings (SSSR count). The molecule has 2 N–H and O–H groups in total. The molecule has 1 aromatic rings. The molecular weight excluding hydrogens is 358 g/mol. The lowest BCUT2D eigenvalue weighted by Gasteiger charge is -2.18. The van der Waals surface area contributed by atoms with Crippen LogP contribution in [0.1, 0.15) is 24.8 Å². The molecule has 142 valence electrons. The second-order valence-corrected chi connectivity index (χ2v) is 8.55. The Morgan fingerprint density at radius 3 is 2.69 bits per heavy atom. The van der Waals surface area contributed by atoms with Crippen LogP contribution < -0.4 is 14.9 Å². The van der Waals surface area contributed by atoms with Gasteiger partial charge in [0.2, 0.25) is 10.0 Å². The molecule has 2 aliphatic rings. The fourth-order valence-electron chi connectivity index (χ4n) is 3.14. The monoisotopic (exact) mass is 381 g/mol. The summed E-state index contributed by atoms with van der Waals surface area (Å²) in [6.45, 7) is 3.22.